The molecule has 0 saturated heterocycles. The molecule has 0 bridgehead atoms. The number of hydrogen-bond donors (Lipinski definition) is 1. The van der Waals surface area contributed by atoms with Gasteiger partial charge in [0.15, 0.2) is 0 Å². The highest BCUT2D eigenvalue weighted by Gasteiger charge is 2.59. The molecule has 4 aliphatic carbocycles. The molecule has 0 radical (unpaired) electrons. The first-order valence-electron chi connectivity index (χ1n) is 12.4. The lowest BCUT2D eigenvalue weighted by atomic mass is 9.47. The summed E-state index contributed by atoms with van der Waals surface area (Å²) in [6.45, 7) is 16.1. The number of allylic oxidation sites excluding steroid dienone is 1. The Kier molecular flexibility index (Phi) is 5.77. The highest BCUT2D eigenvalue weighted by Crippen LogP contribution is 2.67. The summed E-state index contributed by atoms with van der Waals surface area (Å²) in [4.78, 5) is 2.64. The van der Waals surface area contributed by atoms with Gasteiger partial charge in [0.05, 0.1) is 6.10 Å². The molecule has 0 aromatic rings. The average Bonchev–Trinajstić information content (AvgIpc) is 3.04. The molecular weight excluding hydrogens is 342 g/mol. The normalized spacial score (nSPS) is 46.5. The van der Waals surface area contributed by atoms with Crippen molar-refractivity contribution in [2.45, 2.75) is 92.1 Å². The van der Waals surface area contributed by atoms with Crippen molar-refractivity contribution >= 4 is 0 Å². The van der Waals surface area contributed by atoms with Gasteiger partial charge in [-0.25, -0.2) is 0 Å². The van der Waals surface area contributed by atoms with Crippen LogP contribution in [-0.4, -0.2) is 35.7 Å². The summed E-state index contributed by atoms with van der Waals surface area (Å²) in [7, 11) is 0. The number of aliphatic hydroxyl groups is 1. The van der Waals surface area contributed by atoms with Crippen LogP contribution < -0.4 is 0 Å². The van der Waals surface area contributed by atoms with E-state index in [0.29, 0.717) is 10.8 Å². The zero-order valence-corrected chi connectivity index (χ0v) is 19.2. The van der Waals surface area contributed by atoms with E-state index >= 15 is 0 Å². The van der Waals surface area contributed by atoms with Crippen molar-refractivity contribution in [1.82, 2.24) is 4.90 Å². The highest BCUT2D eigenvalue weighted by molar-refractivity contribution is 5.25. The summed E-state index contributed by atoms with van der Waals surface area (Å²) in [5.41, 5.74) is 2.55. The lowest BCUT2D eigenvalue weighted by Crippen LogP contribution is -2.51. The van der Waals surface area contributed by atoms with Crippen LogP contribution in [0.3, 0.4) is 0 Å². The van der Waals surface area contributed by atoms with Gasteiger partial charge < -0.3 is 10.0 Å². The van der Waals surface area contributed by atoms with Crippen LogP contribution in [-0.2, 0) is 0 Å². The summed E-state index contributed by atoms with van der Waals surface area (Å²) < 4.78 is 0. The van der Waals surface area contributed by atoms with Gasteiger partial charge in [0.25, 0.3) is 0 Å². The van der Waals surface area contributed by atoms with E-state index in [-0.39, 0.29) is 6.10 Å². The molecule has 4 aliphatic rings. The second-order valence-corrected chi connectivity index (χ2v) is 11.3. The Morgan fingerprint density at radius 1 is 1.07 bits per heavy atom. The summed E-state index contributed by atoms with van der Waals surface area (Å²) in [5, 5.41) is 10.2. The Morgan fingerprint density at radius 2 is 1.82 bits per heavy atom. The van der Waals surface area contributed by atoms with E-state index in [0.717, 1.165) is 42.4 Å². The predicted molar refractivity (Wildman–Crippen MR) is 118 cm³/mol. The van der Waals surface area contributed by atoms with E-state index in [1.54, 1.807) is 5.57 Å². The summed E-state index contributed by atoms with van der Waals surface area (Å²) in [6.07, 6.45) is 12.8. The first-order chi connectivity index (χ1) is 13.3. The lowest BCUT2D eigenvalue weighted by molar-refractivity contribution is -0.0583. The topological polar surface area (TPSA) is 23.5 Å². The van der Waals surface area contributed by atoms with E-state index in [1.165, 1.54) is 58.2 Å². The number of fused-ring (bicyclic) bond motifs is 5. The molecule has 0 spiro atoms. The molecular formula is C26H45NO. The first kappa shape index (κ1) is 20.9. The Hall–Kier alpha value is -0.340. The van der Waals surface area contributed by atoms with E-state index < -0.39 is 0 Å². The van der Waals surface area contributed by atoms with E-state index in [1.807, 2.05) is 0 Å². The van der Waals surface area contributed by atoms with Gasteiger partial charge in [-0.1, -0.05) is 46.3 Å². The second-order valence-electron chi connectivity index (χ2n) is 11.3. The molecule has 0 amide bonds. The zero-order chi connectivity index (χ0) is 20.1. The van der Waals surface area contributed by atoms with Crippen molar-refractivity contribution in [2.24, 2.45) is 40.4 Å². The van der Waals surface area contributed by atoms with Gasteiger partial charge in [-0.15, -0.1) is 0 Å². The van der Waals surface area contributed by atoms with Gasteiger partial charge in [-0.2, -0.15) is 0 Å². The third-order valence-electron chi connectivity index (χ3n) is 10.3. The third kappa shape index (κ3) is 3.22. The molecule has 8 atom stereocenters. The molecule has 2 heteroatoms. The molecule has 3 saturated carbocycles. The lowest BCUT2D eigenvalue weighted by Gasteiger charge is -2.58. The summed E-state index contributed by atoms with van der Waals surface area (Å²) >= 11 is 0. The predicted octanol–water partition coefficient (Wildman–Crippen LogP) is 5.90. The number of rotatable bonds is 5. The zero-order valence-electron chi connectivity index (χ0n) is 19.2. The quantitative estimate of drug-likeness (QED) is 0.593. The highest BCUT2D eigenvalue weighted by atomic mass is 16.3. The Morgan fingerprint density at radius 3 is 2.54 bits per heavy atom. The monoisotopic (exact) mass is 387 g/mol. The van der Waals surface area contributed by atoms with Crippen LogP contribution in [0.1, 0.15) is 86.0 Å². The van der Waals surface area contributed by atoms with Crippen LogP contribution >= 0.6 is 0 Å². The van der Waals surface area contributed by atoms with Crippen molar-refractivity contribution in [3.63, 3.8) is 0 Å². The number of hydrogen-bond acceptors (Lipinski definition) is 2. The van der Waals surface area contributed by atoms with E-state index in [9.17, 15) is 5.11 Å². The van der Waals surface area contributed by atoms with Crippen molar-refractivity contribution < 1.29 is 5.11 Å². The number of aliphatic hydroxyl groups excluding tert-OH is 1. The molecule has 4 rings (SSSR count). The van der Waals surface area contributed by atoms with Gasteiger partial charge in [0.1, 0.15) is 0 Å². The fraction of sp³-hybridized carbons (Fsp3) is 0.923. The van der Waals surface area contributed by atoms with Gasteiger partial charge in [0, 0.05) is 6.54 Å². The van der Waals surface area contributed by atoms with Crippen LogP contribution in [0.15, 0.2) is 11.6 Å². The Balaban J connectivity index is 1.54. The minimum Gasteiger partial charge on any atom is -0.393 e. The largest absolute Gasteiger partial charge is 0.393 e. The van der Waals surface area contributed by atoms with Gasteiger partial charge in [0.2, 0.25) is 0 Å². The molecule has 0 aliphatic heterocycles. The van der Waals surface area contributed by atoms with Crippen LogP contribution in [0.5, 0.6) is 0 Å². The second kappa shape index (κ2) is 7.73. The van der Waals surface area contributed by atoms with E-state index in [2.05, 4.69) is 45.6 Å². The third-order valence-corrected chi connectivity index (χ3v) is 10.3. The molecule has 0 aromatic heterocycles. The molecule has 28 heavy (non-hydrogen) atoms. The van der Waals surface area contributed by atoms with Crippen LogP contribution in [0, 0.1) is 40.4 Å². The maximum absolute atomic E-state index is 10.2. The molecule has 0 heterocycles. The Bertz CT molecular complexity index is 595. The molecule has 2 nitrogen and oxygen atoms in total. The van der Waals surface area contributed by atoms with E-state index in [4.69, 9.17) is 0 Å². The molecule has 0 aromatic carbocycles. The van der Waals surface area contributed by atoms with Gasteiger partial charge in [-0.3, -0.25) is 0 Å². The van der Waals surface area contributed by atoms with Crippen molar-refractivity contribution in [3.8, 4) is 0 Å². The summed E-state index contributed by atoms with van der Waals surface area (Å²) in [6, 6.07) is 0. The average molecular weight is 388 g/mol. The number of nitrogens with zero attached hydrogens (tertiary/aromatic N) is 1. The van der Waals surface area contributed by atoms with Crippen LogP contribution in [0.4, 0.5) is 0 Å². The van der Waals surface area contributed by atoms with Gasteiger partial charge in [-0.05, 0) is 105 Å². The van der Waals surface area contributed by atoms with Crippen molar-refractivity contribution in [3.05, 3.63) is 11.6 Å². The standard InChI is InChI=1S/C26H45NO/c1-6-27(7-2)17-18(3)22-10-11-23-21-9-8-19-16-20(28)12-14-25(19,4)24(21)13-15-26(22,23)5/h8,18,20-24,28H,6-7,9-17H2,1-5H3. The summed E-state index contributed by atoms with van der Waals surface area (Å²) in [5.74, 6) is 4.42. The first-order valence-corrected chi connectivity index (χ1v) is 12.4. The SMILES string of the molecule is CCN(CC)CC(C)C1CCC2C3CC=C4CC(O)CCC4(C)C3CCC12C. The van der Waals surface area contributed by atoms with Gasteiger partial charge >= 0.3 is 0 Å². The molecule has 160 valence electrons. The van der Waals surface area contributed by atoms with Crippen molar-refractivity contribution in [1.29, 1.82) is 0 Å². The van der Waals surface area contributed by atoms with Crippen LogP contribution in [0.2, 0.25) is 0 Å². The van der Waals surface area contributed by atoms with Crippen molar-refractivity contribution in [2.75, 3.05) is 19.6 Å². The smallest absolute Gasteiger partial charge is 0.0577 e. The molecule has 3 fully saturated rings. The fourth-order valence-corrected chi connectivity index (χ4v) is 8.63. The maximum atomic E-state index is 10.2. The minimum atomic E-state index is -0.0819. The molecule has 1 N–H and O–H groups in total. The minimum absolute atomic E-state index is 0.0819. The Labute approximate surface area is 174 Å². The van der Waals surface area contributed by atoms with Crippen LogP contribution in [0.25, 0.3) is 0 Å². The molecule has 8 unspecified atom stereocenters. The fourth-order valence-electron chi connectivity index (χ4n) is 8.63. The maximum Gasteiger partial charge on any atom is 0.0577 e.